The van der Waals surface area contributed by atoms with E-state index in [1.807, 2.05) is 0 Å². The normalized spacial score (nSPS) is 25.7. The lowest BCUT2D eigenvalue weighted by molar-refractivity contribution is -0.0470. The number of hydrogen-bond donors (Lipinski definition) is 0. The Bertz CT molecular complexity index is 678. The van der Waals surface area contributed by atoms with Crippen LogP contribution < -0.4 is 4.74 Å². The zero-order valence-electron chi connectivity index (χ0n) is 20.0. The molecule has 3 aliphatic heterocycles. The SMILES string of the molecule is CC(C)C1COCCN1CC1(c2ccc(OCC3CN(C(C)C)C3)cc2)CCOCC1. The maximum atomic E-state index is 6.13. The quantitative estimate of drug-likeness (QED) is 0.627. The van der Waals surface area contributed by atoms with E-state index in [0.29, 0.717) is 23.9 Å². The molecule has 0 aliphatic carbocycles. The van der Waals surface area contributed by atoms with E-state index in [1.54, 1.807) is 0 Å². The smallest absolute Gasteiger partial charge is 0.119 e. The van der Waals surface area contributed by atoms with Crippen LogP contribution in [-0.4, -0.2) is 81.1 Å². The molecule has 0 bridgehead atoms. The van der Waals surface area contributed by atoms with Gasteiger partial charge in [-0.1, -0.05) is 26.0 Å². The number of likely N-dealkylation sites (tertiary alicyclic amines) is 1. The molecule has 0 amide bonds. The van der Waals surface area contributed by atoms with Crippen molar-refractivity contribution in [3.8, 4) is 5.75 Å². The van der Waals surface area contributed by atoms with Gasteiger partial charge in [-0.05, 0) is 50.3 Å². The van der Waals surface area contributed by atoms with Gasteiger partial charge in [0.05, 0.1) is 19.8 Å². The third-order valence-electron chi connectivity index (χ3n) is 7.67. The van der Waals surface area contributed by atoms with Gasteiger partial charge >= 0.3 is 0 Å². The van der Waals surface area contributed by atoms with Crippen LogP contribution in [-0.2, 0) is 14.9 Å². The summed E-state index contributed by atoms with van der Waals surface area (Å²) >= 11 is 0. The van der Waals surface area contributed by atoms with Gasteiger partial charge < -0.3 is 19.1 Å². The number of rotatable bonds is 8. The van der Waals surface area contributed by atoms with Gasteiger partial charge in [0.2, 0.25) is 0 Å². The molecule has 0 radical (unpaired) electrons. The summed E-state index contributed by atoms with van der Waals surface area (Å²) in [6, 6.07) is 10.1. The van der Waals surface area contributed by atoms with Crippen molar-refractivity contribution < 1.29 is 14.2 Å². The van der Waals surface area contributed by atoms with Crippen molar-refractivity contribution in [2.24, 2.45) is 11.8 Å². The lowest BCUT2D eigenvalue weighted by atomic mass is 9.73. The maximum absolute atomic E-state index is 6.13. The molecule has 0 aromatic heterocycles. The van der Waals surface area contributed by atoms with Crippen LogP contribution in [0.3, 0.4) is 0 Å². The second kappa shape index (κ2) is 10.2. The topological polar surface area (TPSA) is 34.2 Å². The van der Waals surface area contributed by atoms with Crippen LogP contribution in [0.25, 0.3) is 0 Å². The zero-order chi connectivity index (χ0) is 21.8. The number of hydrogen-bond acceptors (Lipinski definition) is 5. The number of morpholine rings is 1. The lowest BCUT2D eigenvalue weighted by Crippen LogP contribution is -2.54. The summed E-state index contributed by atoms with van der Waals surface area (Å²) in [5, 5.41) is 0. The summed E-state index contributed by atoms with van der Waals surface area (Å²) in [5.41, 5.74) is 1.60. The van der Waals surface area contributed by atoms with Crippen molar-refractivity contribution in [1.29, 1.82) is 0 Å². The van der Waals surface area contributed by atoms with Crippen LogP contribution in [0.4, 0.5) is 0 Å². The van der Waals surface area contributed by atoms with Crippen molar-refractivity contribution in [1.82, 2.24) is 9.80 Å². The zero-order valence-corrected chi connectivity index (χ0v) is 20.0. The Labute approximate surface area is 189 Å². The Morgan fingerprint density at radius 1 is 1.00 bits per heavy atom. The van der Waals surface area contributed by atoms with Gasteiger partial charge in [0.25, 0.3) is 0 Å². The summed E-state index contributed by atoms with van der Waals surface area (Å²) in [7, 11) is 0. The van der Waals surface area contributed by atoms with Crippen molar-refractivity contribution in [3.05, 3.63) is 29.8 Å². The molecule has 0 saturated carbocycles. The molecule has 1 aromatic rings. The maximum Gasteiger partial charge on any atom is 0.119 e. The highest BCUT2D eigenvalue weighted by molar-refractivity contribution is 5.33. The van der Waals surface area contributed by atoms with E-state index in [2.05, 4.69) is 61.8 Å². The molecule has 5 heteroatoms. The monoisotopic (exact) mass is 430 g/mol. The van der Waals surface area contributed by atoms with Gasteiger partial charge in [0.1, 0.15) is 5.75 Å². The first-order valence-electron chi connectivity index (χ1n) is 12.3. The first-order chi connectivity index (χ1) is 15.0. The molecule has 3 fully saturated rings. The largest absolute Gasteiger partial charge is 0.493 e. The van der Waals surface area contributed by atoms with Crippen molar-refractivity contribution in [2.45, 2.75) is 58.0 Å². The predicted molar refractivity (Wildman–Crippen MR) is 125 cm³/mol. The van der Waals surface area contributed by atoms with Crippen LogP contribution in [0.2, 0.25) is 0 Å². The molecule has 3 aliphatic rings. The molecule has 3 heterocycles. The summed E-state index contributed by atoms with van der Waals surface area (Å²) in [6.07, 6.45) is 2.17. The molecule has 4 rings (SSSR count). The second-order valence-electron chi connectivity index (χ2n) is 10.5. The fraction of sp³-hybridized carbons (Fsp3) is 0.769. The van der Waals surface area contributed by atoms with Gasteiger partial charge in [-0.3, -0.25) is 4.90 Å². The molecular formula is C26H42N2O3. The van der Waals surface area contributed by atoms with Crippen LogP contribution >= 0.6 is 0 Å². The van der Waals surface area contributed by atoms with E-state index in [1.165, 1.54) is 5.56 Å². The first kappa shape index (κ1) is 23.0. The van der Waals surface area contributed by atoms with Crippen molar-refractivity contribution in [2.75, 3.05) is 59.2 Å². The van der Waals surface area contributed by atoms with Crippen LogP contribution in [0.1, 0.15) is 46.1 Å². The molecule has 174 valence electrons. The molecule has 0 N–H and O–H groups in total. The van der Waals surface area contributed by atoms with Gasteiger partial charge in [-0.25, -0.2) is 0 Å². The highest BCUT2D eigenvalue weighted by Gasteiger charge is 2.39. The van der Waals surface area contributed by atoms with Gasteiger partial charge in [0, 0.05) is 62.8 Å². The van der Waals surface area contributed by atoms with E-state index in [9.17, 15) is 0 Å². The highest BCUT2D eigenvalue weighted by Crippen LogP contribution is 2.38. The van der Waals surface area contributed by atoms with E-state index >= 15 is 0 Å². The Balaban J connectivity index is 1.40. The van der Waals surface area contributed by atoms with Crippen molar-refractivity contribution >= 4 is 0 Å². The Kier molecular flexibility index (Phi) is 7.58. The van der Waals surface area contributed by atoms with Crippen LogP contribution in [0.5, 0.6) is 5.75 Å². The predicted octanol–water partition coefficient (Wildman–Crippen LogP) is 3.81. The average Bonchev–Trinajstić information content (AvgIpc) is 2.73. The fourth-order valence-corrected chi connectivity index (χ4v) is 5.41. The minimum Gasteiger partial charge on any atom is -0.493 e. The van der Waals surface area contributed by atoms with Crippen LogP contribution in [0.15, 0.2) is 24.3 Å². The molecule has 1 aromatic carbocycles. The summed E-state index contributed by atoms with van der Waals surface area (Å²) in [6.45, 7) is 17.8. The van der Waals surface area contributed by atoms with E-state index in [0.717, 1.165) is 77.8 Å². The summed E-state index contributed by atoms with van der Waals surface area (Å²) < 4.78 is 17.7. The minimum absolute atomic E-state index is 0.160. The van der Waals surface area contributed by atoms with E-state index < -0.39 is 0 Å². The molecule has 31 heavy (non-hydrogen) atoms. The van der Waals surface area contributed by atoms with Gasteiger partial charge in [-0.15, -0.1) is 0 Å². The third kappa shape index (κ3) is 5.44. The first-order valence-corrected chi connectivity index (χ1v) is 12.3. The molecule has 0 spiro atoms. The van der Waals surface area contributed by atoms with Gasteiger partial charge in [-0.2, -0.15) is 0 Å². The Hall–Kier alpha value is -1.14. The number of ether oxygens (including phenoxy) is 3. The third-order valence-corrected chi connectivity index (χ3v) is 7.67. The molecule has 5 nitrogen and oxygen atoms in total. The highest BCUT2D eigenvalue weighted by atomic mass is 16.5. The average molecular weight is 431 g/mol. The van der Waals surface area contributed by atoms with Crippen LogP contribution in [0, 0.1) is 11.8 Å². The lowest BCUT2D eigenvalue weighted by Gasteiger charge is -2.46. The van der Waals surface area contributed by atoms with E-state index in [4.69, 9.17) is 14.2 Å². The molecule has 1 unspecified atom stereocenters. The standard InChI is InChI=1S/C26H42N2O3/c1-20(2)25-18-30-14-11-27(25)19-26(9-12-29-13-10-26)23-5-7-24(8-6-23)31-17-22-15-28(16-22)21(3)4/h5-8,20-22,25H,9-19H2,1-4H3. The minimum atomic E-state index is 0.160. The molecule has 1 atom stereocenters. The second-order valence-corrected chi connectivity index (χ2v) is 10.5. The number of benzene rings is 1. The number of nitrogens with zero attached hydrogens (tertiary/aromatic N) is 2. The fourth-order valence-electron chi connectivity index (χ4n) is 5.41. The molecular weight excluding hydrogens is 388 g/mol. The van der Waals surface area contributed by atoms with Gasteiger partial charge in [0.15, 0.2) is 0 Å². The Morgan fingerprint density at radius 2 is 1.71 bits per heavy atom. The Morgan fingerprint density at radius 3 is 2.35 bits per heavy atom. The molecule has 3 saturated heterocycles. The summed E-state index contributed by atoms with van der Waals surface area (Å²) in [4.78, 5) is 5.18. The summed E-state index contributed by atoms with van der Waals surface area (Å²) in [5.74, 6) is 2.27. The van der Waals surface area contributed by atoms with Crippen molar-refractivity contribution in [3.63, 3.8) is 0 Å². The van der Waals surface area contributed by atoms with E-state index in [-0.39, 0.29) is 5.41 Å².